The van der Waals surface area contributed by atoms with E-state index in [-0.39, 0.29) is 24.6 Å². The van der Waals surface area contributed by atoms with Gasteiger partial charge in [0.1, 0.15) is 17.2 Å². The van der Waals surface area contributed by atoms with Crippen molar-refractivity contribution < 1.29 is 14.3 Å². The standard InChI is InChI=1S/C15H26N4O3/c1-11(2)9-18-13(20)12(8-17)10-19(7-6-16)14(21)22-15(3,4)5/h10-11H,6-7,9,16H2,1-5H3,(H,18,20)/b12-10-. The second-order valence-corrected chi connectivity index (χ2v) is 6.22. The van der Waals surface area contributed by atoms with Crippen LogP contribution in [0.1, 0.15) is 34.6 Å². The fourth-order valence-electron chi connectivity index (χ4n) is 1.35. The first-order valence-electron chi connectivity index (χ1n) is 7.20. The van der Waals surface area contributed by atoms with Crippen LogP contribution in [-0.4, -0.2) is 42.1 Å². The molecule has 0 aliphatic rings. The number of nitriles is 1. The summed E-state index contributed by atoms with van der Waals surface area (Å²) in [5.41, 5.74) is 4.62. The molecule has 0 rings (SSSR count). The van der Waals surface area contributed by atoms with Gasteiger partial charge < -0.3 is 15.8 Å². The van der Waals surface area contributed by atoms with Crippen molar-refractivity contribution in [2.45, 2.75) is 40.2 Å². The summed E-state index contributed by atoms with van der Waals surface area (Å²) >= 11 is 0. The third-order valence-electron chi connectivity index (χ3n) is 2.32. The average molecular weight is 310 g/mol. The van der Waals surface area contributed by atoms with E-state index in [1.165, 1.54) is 6.20 Å². The van der Waals surface area contributed by atoms with E-state index in [0.717, 1.165) is 4.90 Å². The highest BCUT2D eigenvalue weighted by molar-refractivity contribution is 5.97. The minimum absolute atomic E-state index is 0.150. The number of rotatable bonds is 6. The lowest BCUT2D eigenvalue weighted by Crippen LogP contribution is -2.37. The highest BCUT2D eigenvalue weighted by atomic mass is 16.6. The van der Waals surface area contributed by atoms with E-state index in [9.17, 15) is 9.59 Å². The van der Waals surface area contributed by atoms with E-state index in [1.807, 2.05) is 13.8 Å². The maximum atomic E-state index is 12.1. The molecule has 3 N–H and O–H groups in total. The van der Waals surface area contributed by atoms with Gasteiger partial charge in [0.05, 0.1) is 0 Å². The Bertz CT molecular complexity index is 458. The van der Waals surface area contributed by atoms with Gasteiger partial charge in [-0.05, 0) is 26.7 Å². The number of ether oxygens (including phenoxy) is 1. The molecule has 0 saturated carbocycles. The molecule has 0 aliphatic heterocycles. The molecule has 0 bridgehead atoms. The van der Waals surface area contributed by atoms with E-state index in [0.29, 0.717) is 6.54 Å². The molecule has 0 unspecified atom stereocenters. The van der Waals surface area contributed by atoms with Crippen molar-refractivity contribution in [1.82, 2.24) is 10.2 Å². The number of carbonyl (C=O) groups excluding carboxylic acids is 2. The summed E-state index contributed by atoms with van der Waals surface area (Å²) in [6, 6.07) is 1.79. The zero-order valence-electron chi connectivity index (χ0n) is 14.0. The lowest BCUT2D eigenvalue weighted by molar-refractivity contribution is -0.117. The first-order valence-corrected chi connectivity index (χ1v) is 7.20. The third kappa shape index (κ3) is 8.27. The number of hydrogen-bond donors (Lipinski definition) is 2. The van der Waals surface area contributed by atoms with Crippen LogP contribution < -0.4 is 11.1 Å². The summed E-state index contributed by atoms with van der Waals surface area (Å²) in [7, 11) is 0. The minimum atomic E-state index is -0.676. The topological polar surface area (TPSA) is 108 Å². The Kier molecular flexibility index (Phi) is 8.20. The smallest absolute Gasteiger partial charge is 0.414 e. The number of nitrogens with one attached hydrogen (secondary N) is 1. The predicted molar refractivity (Wildman–Crippen MR) is 83.5 cm³/mol. The fourth-order valence-corrected chi connectivity index (χ4v) is 1.35. The van der Waals surface area contributed by atoms with E-state index < -0.39 is 17.6 Å². The van der Waals surface area contributed by atoms with Gasteiger partial charge in [-0.3, -0.25) is 9.69 Å². The first-order chi connectivity index (χ1) is 10.1. The third-order valence-corrected chi connectivity index (χ3v) is 2.32. The Hall–Kier alpha value is -2.07. The molecule has 0 aromatic rings. The van der Waals surface area contributed by atoms with Crippen molar-refractivity contribution in [3.05, 3.63) is 11.8 Å². The van der Waals surface area contributed by atoms with Crippen molar-refractivity contribution in [2.24, 2.45) is 11.7 Å². The van der Waals surface area contributed by atoms with Gasteiger partial charge >= 0.3 is 6.09 Å². The SMILES string of the molecule is CC(C)CNC(=O)/C(C#N)=C\N(CCN)C(=O)OC(C)(C)C. The largest absolute Gasteiger partial charge is 0.443 e. The Labute approximate surface area is 132 Å². The molecule has 2 amide bonds. The van der Waals surface area contributed by atoms with E-state index in [1.54, 1.807) is 26.8 Å². The summed E-state index contributed by atoms with van der Waals surface area (Å²) in [6.07, 6.45) is 0.527. The molecule has 0 aliphatic carbocycles. The Morgan fingerprint density at radius 2 is 2.00 bits per heavy atom. The lowest BCUT2D eigenvalue weighted by atomic mass is 10.2. The van der Waals surface area contributed by atoms with Crippen LogP contribution in [0.15, 0.2) is 11.8 Å². The molecule has 0 saturated heterocycles. The maximum Gasteiger partial charge on any atom is 0.414 e. The van der Waals surface area contributed by atoms with Crippen LogP contribution >= 0.6 is 0 Å². The van der Waals surface area contributed by atoms with Crippen LogP contribution in [0.2, 0.25) is 0 Å². The molecule has 0 spiro atoms. The van der Waals surface area contributed by atoms with Gasteiger partial charge in [-0.15, -0.1) is 0 Å². The molecule has 22 heavy (non-hydrogen) atoms. The average Bonchev–Trinajstić information content (AvgIpc) is 2.38. The summed E-state index contributed by atoms with van der Waals surface area (Å²) in [4.78, 5) is 25.1. The van der Waals surface area contributed by atoms with E-state index in [2.05, 4.69) is 5.32 Å². The van der Waals surface area contributed by atoms with Crippen molar-refractivity contribution in [3.8, 4) is 6.07 Å². The second-order valence-electron chi connectivity index (χ2n) is 6.22. The summed E-state index contributed by atoms with van der Waals surface area (Å²) in [5.74, 6) is -0.267. The van der Waals surface area contributed by atoms with Gasteiger partial charge in [-0.2, -0.15) is 5.26 Å². The van der Waals surface area contributed by atoms with E-state index in [4.69, 9.17) is 15.7 Å². The molecule has 0 atom stereocenters. The molecule has 0 aromatic carbocycles. The van der Waals surface area contributed by atoms with E-state index >= 15 is 0 Å². The van der Waals surface area contributed by atoms with Gasteiger partial charge in [0.2, 0.25) is 0 Å². The number of nitrogens with two attached hydrogens (primary N) is 1. The predicted octanol–water partition coefficient (Wildman–Crippen LogP) is 1.36. The minimum Gasteiger partial charge on any atom is -0.443 e. The first kappa shape index (κ1) is 19.9. The Balaban J connectivity index is 5.10. The summed E-state index contributed by atoms with van der Waals surface area (Å²) in [5, 5.41) is 11.7. The number of carbonyl (C=O) groups is 2. The monoisotopic (exact) mass is 310 g/mol. The molecule has 7 heteroatoms. The van der Waals surface area contributed by atoms with Gasteiger partial charge in [0.25, 0.3) is 5.91 Å². The highest BCUT2D eigenvalue weighted by Crippen LogP contribution is 2.11. The zero-order chi connectivity index (χ0) is 17.3. The second kappa shape index (κ2) is 9.05. The number of nitrogens with zero attached hydrogens (tertiary/aromatic N) is 2. The van der Waals surface area contributed by atoms with Gasteiger partial charge in [0, 0.05) is 25.8 Å². The molecule has 0 fully saturated rings. The Morgan fingerprint density at radius 1 is 1.41 bits per heavy atom. The number of amides is 2. The highest BCUT2D eigenvalue weighted by Gasteiger charge is 2.22. The molecule has 0 heterocycles. The van der Waals surface area contributed by atoms with Crippen LogP contribution in [0.5, 0.6) is 0 Å². The molecular weight excluding hydrogens is 284 g/mol. The summed E-state index contributed by atoms with van der Waals surface area (Å²) < 4.78 is 5.22. The Morgan fingerprint density at radius 3 is 2.41 bits per heavy atom. The number of hydrogen-bond acceptors (Lipinski definition) is 5. The zero-order valence-corrected chi connectivity index (χ0v) is 14.0. The fraction of sp³-hybridized carbons (Fsp3) is 0.667. The molecule has 7 nitrogen and oxygen atoms in total. The van der Waals surface area contributed by atoms with Crippen molar-refractivity contribution in [3.63, 3.8) is 0 Å². The van der Waals surface area contributed by atoms with Crippen molar-refractivity contribution >= 4 is 12.0 Å². The van der Waals surface area contributed by atoms with Crippen LogP contribution in [0.4, 0.5) is 4.79 Å². The normalized spacial score (nSPS) is 11.8. The quantitative estimate of drug-likeness (QED) is 0.569. The van der Waals surface area contributed by atoms with Gasteiger partial charge in [0.15, 0.2) is 0 Å². The van der Waals surface area contributed by atoms with Crippen molar-refractivity contribution in [2.75, 3.05) is 19.6 Å². The van der Waals surface area contributed by atoms with Crippen LogP contribution in [0.25, 0.3) is 0 Å². The molecule has 124 valence electrons. The van der Waals surface area contributed by atoms with Crippen molar-refractivity contribution in [1.29, 1.82) is 5.26 Å². The van der Waals surface area contributed by atoms with Gasteiger partial charge in [-0.1, -0.05) is 13.8 Å². The molecule has 0 aromatic heterocycles. The van der Waals surface area contributed by atoms with Crippen LogP contribution in [-0.2, 0) is 9.53 Å². The summed E-state index contributed by atoms with van der Waals surface area (Å²) in [6.45, 7) is 9.86. The van der Waals surface area contributed by atoms with Crippen LogP contribution in [0, 0.1) is 17.2 Å². The molecular formula is C15H26N4O3. The maximum absolute atomic E-state index is 12.1. The van der Waals surface area contributed by atoms with Gasteiger partial charge in [-0.25, -0.2) is 4.79 Å². The lowest BCUT2D eigenvalue weighted by Gasteiger charge is -2.25. The van der Waals surface area contributed by atoms with Crippen LogP contribution in [0.3, 0.4) is 0 Å². The molecule has 0 radical (unpaired) electrons.